The number of hydrogen-bond donors (Lipinski definition) is 1. The lowest BCUT2D eigenvalue weighted by Crippen LogP contribution is -2.26. The normalized spacial score (nSPS) is 12.8. The first-order chi connectivity index (χ1) is 9.29. The van der Waals surface area contributed by atoms with Crippen molar-refractivity contribution in [3.8, 4) is 0 Å². The summed E-state index contributed by atoms with van der Waals surface area (Å²) >= 11 is 1.82. The number of nitrogens with zero attached hydrogens (tertiary/aromatic N) is 1. The molecule has 0 aliphatic rings. The second-order valence-corrected chi connectivity index (χ2v) is 5.79. The van der Waals surface area contributed by atoms with E-state index in [2.05, 4.69) is 53.6 Å². The van der Waals surface area contributed by atoms with Gasteiger partial charge in [0.1, 0.15) is 0 Å². The van der Waals surface area contributed by atoms with Gasteiger partial charge in [-0.2, -0.15) is 0 Å². The third kappa shape index (κ3) is 4.46. The summed E-state index contributed by atoms with van der Waals surface area (Å²) < 4.78 is 0. The van der Waals surface area contributed by atoms with Crippen LogP contribution in [0, 0.1) is 0 Å². The van der Waals surface area contributed by atoms with Crippen LogP contribution in [0.4, 0.5) is 0 Å². The van der Waals surface area contributed by atoms with Crippen molar-refractivity contribution in [2.45, 2.75) is 25.9 Å². The summed E-state index contributed by atoms with van der Waals surface area (Å²) in [6.07, 6.45) is 1.00. The number of hydrogen-bond acceptors (Lipinski definition) is 3. The van der Waals surface area contributed by atoms with Gasteiger partial charge in [-0.15, -0.1) is 11.3 Å². The van der Waals surface area contributed by atoms with Gasteiger partial charge in [0.25, 0.3) is 0 Å². The molecule has 2 nitrogen and oxygen atoms in total. The van der Waals surface area contributed by atoms with Crippen molar-refractivity contribution in [3.05, 3.63) is 58.3 Å². The highest BCUT2D eigenvalue weighted by Crippen LogP contribution is 2.16. The average molecular weight is 274 g/mol. The first kappa shape index (κ1) is 14.3. The van der Waals surface area contributed by atoms with Gasteiger partial charge in [0.05, 0.1) is 0 Å². The van der Waals surface area contributed by atoms with Crippen molar-refractivity contribution in [3.63, 3.8) is 0 Å². The van der Waals surface area contributed by atoms with E-state index < -0.39 is 0 Å². The van der Waals surface area contributed by atoms with E-state index in [0.717, 1.165) is 26.1 Å². The van der Waals surface area contributed by atoms with Crippen LogP contribution >= 0.6 is 11.3 Å². The molecule has 0 aliphatic heterocycles. The third-order valence-electron chi connectivity index (χ3n) is 3.39. The van der Waals surface area contributed by atoms with Gasteiger partial charge >= 0.3 is 0 Å². The fraction of sp³-hybridized carbons (Fsp3) is 0.375. The molecule has 102 valence electrons. The van der Waals surface area contributed by atoms with E-state index in [0.29, 0.717) is 0 Å². The minimum absolute atomic E-state index is 0.138. The van der Waals surface area contributed by atoms with Gasteiger partial charge < -0.3 is 5.73 Å². The van der Waals surface area contributed by atoms with Gasteiger partial charge in [-0.25, -0.2) is 0 Å². The van der Waals surface area contributed by atoms with Crippen molar-refractivity contribution in [2.24, 2.45) is 5.73 Å². The number of benzene rings is 1. The lowest BCUT2D eigenvalue weighted by Gasteiger charge is -2.22. The topological polar surface area (TPSA) is 29.3 Å². The Morgan fingerprint density at radius 3 is 2.58 bits per heavy atom. The highest BCUT2D eigenvalue weighted by atomic mass is 32.1. The maximum atomic E-state index is 6.25. The maximum Gasteiger partial charge on any atom is 0.0327 e. The van der Waals surface area contributed by atoms with Crippen LogP contribution in [-0.4, -0.2) is 18.0 Å². The molecule has 1 aromatic carbocycles. The minimum Gasteiger partial charge on any atom is -0.324 e. The molecule has 0 spiro atoms. The predicted octanol–water partition coefficient (Wildman–Crippen LogP) is 3.66. The molecule has 3 heteroatoms. The van der Waals surface area contributed by atoms with Crippen molar-refractivity contribution in [2.75, 3.05) is 13.1 Å². The molecule has 0 bridgehead atoms. The standard InChI is InChI=1S/C16H22N2S/c1-2-18(13-15-9-6-12-19-15)11-10-16(17)14-7-4-3-5-8-14/h3-9,12,16H,2,10-11,13,17H2,1H3. The van der Waals surface area contributed by atoms with Gasteiger partial charge in [-0.05, 0) is 30.0 Å². The summed E-state index contributed by atoms with van der Waals surface area (Å²) in [5.41, 5.74) is 7.48. The van der Waals surface area contributed by atoms with E-state index in [1.807, 2.05) is 17.4 Å². The van der Waals surface area contributed by atoms with Crippen LogP contribution in [0.1, 0.15) is 29.8 Å². The molecule has 0 aliphatic carbocycles. The Balaban J connectivity index is 1.83. The fourth-order valence-electron chi connectivity index (χ4n) is 2.16. The molecule has 1 aromatic heterocycles. The molecule has 19 heavy (non-hydrogen) atoms. The molecule has 0 saturated carbocycles. The Kier molecular flexibility index (Phi) is 5.58. The van der Waals surface area contributed by atoms with Crippen LogP contribution in [0.3, 0.4) is 0 Å². The van der Waals surface area contributed by atoms with Gasteiger partial charge in [0.15, 0.2) is 0 Å². The van der Waals surface area contributed by atoms with Crippen LogP contribution in [0.25, 0.3) is 0 Å². The molecule has 0 radical (unpaired) electrons. The van der Waals surface area contributed by atoms with Gasteiger partial charge in [0, 0.05) is 24.0 Å². The molecule has 1 atom stereocenters. The summed E-state index contributed by atoms with van der Waals surface area (Å²) in [6, 6.07) is 14.8. The molecular weight excluding hydrogens is 252 g/mol. The minimum atomic E-state index is 0.138. The molecule has 0 saturated heterocycles. The SMILES string of the molecule is CCN(CCC(N)c1ccccc1)Cc1cccs1. The molecule has 2 aromatic rings. The second-order valence-electron chi connectivity index (χ2n) is 4.75. The van der Waals surface area contributed by atoms with Crippen LogP contribution in [0.5, 0.6) is 0 Å². The van der Waals surface area contributed by atoms with Crippen LogP contribution in [0.2, 0.25) is 0 Å². The lowest BCUT2D eigenvalue weighted by molar-refractivity contribution is 0.270. The Hall–Kier alpha value is -1.16. The Morgan fingerprint density at radius 1 is 1.16 bits per heavy atom. The summed E-state index contributed by atoms with van der Waals surface area (Å²) in [6.45, 7) is 5.36. The largest absolute Gasteiger partial charge is 0.324 e. The Bertz CT molecular complexity index is 453. The van der Waals surface area contributed by atoms with E-state index in [4.69, 9.17) is 5.73 Å². The van der Waals surface area contributed by atoms with Crippen molar-refractivity contribution < 1.29 is 0 Å². The van der Waals surface area contributed by atoms with E-state index in [9.17, 15) is 0 Å². The first-order valence-electron chi connectivity index (χ1n) is 6.85. The smallest absolute Gasteiger partial charge is 0.0327 e. The van der Waals surface area contributed by atoms with Crippen LogP contribution in [0.15, 0.2) is 47.8 Å². The second kappa shape index (κ2) is 7.43. The van der Waals surface area contributed by atoms with Gasteiger partial charge in [-0.1, -0.05) is 43.3 Å². The molecule has 1 heterocycles. The van der Waals surface area contributed by atoms with E-state index in [1.54, 1.807) is 0 Å². The molecule has 2 N–H and O–H groups in total. The third-order valence-corrected chi connectivity index (χ3v) is 4.25. The van der Waals surface area contributed by atoms with Crippen molar-refractivity contribution in [1.82, 2.24) is 4.90 Å². The van der Waals surface area contributed by atoms with Crippen molar-refractivity contribution in [1.29, 1.82) is 0 Å². The zero-order chi connectivity index (χ0) is 13.5. The summed E-state index contributed by atoms with van der Waals surface area (Å²) in [4.78, 5) is 3.88. The van der Waals surface area contributed by atoms with Gasteiger partial charge in [-0.3, -0.25) is 4.90 Å². The zero-order valence-electron chi connectivity index (χ0n) is 11.5. The average Bonchev–Trinajstić information content (AvgIpc) is 2.97. The first-order valence-corrected chi connectivity index (χ1v) is 7.73. The van der Waals surface area contributed by atoms with Crippen LogP contribution in [-0.2, 0) is 6.54 Å². The quantitative estimate of drug-likeness (QED) is 0.835. The van der Waals surface area contributed by atoms with E-state index in [1.165, 1.54) is 10.4 Å². The highest BCUT2D eigenvalue weighted by Gasteiger charge is 2.09. The Labute approximate surface area is 119 Å². The zero-order valence-corrected chi connectivity index (χ0v) is 12.3. The summed E-state index contributed by atoms with van der Waals surface area (Å²) in [5, 5.41) is 2.14. The molecule has 0 amide bonds. The maximum absolute atomic E-state index is 6.25. The van der Waals surface area contributed by atoms with Crippen LogP contribution < -0.4 is 5.73 Å². The monoisotopic (exact) mass is 274 g/mol. The lowest BCUT2D eigenvalue weighted by atomic mass is 10.0. The van der Waals surface area contributed by atoms with E-state index in [-0.39, 0.29) is 6.04 Å². The van der Waals surface area contributed by atoms with Crippen molar-refractivity contribution >= 4 is 11.3 Å². The highest BCUT2D eigenvalue weighted by molar-refractivity contribution is 7.09. The number of thiophene rings is 1. The summed E-state index contributed by atoms with van der Waals surface area (Å²) in [7, 11) is 0. The Morgan fingerprint density at radius 2 is 1.95 bits per heavy atom. The molecular formula is C16H22N2S. The molecule has 0 fully saturated rings. The molecule has 1 unspecified atom stereocenters. The fourth-order valence-corrected chi connectivity index (χ4v) is 2.91. The summed E-state index contributed by atoms with van der Waals surface area (Å²) in [5.74, 6) is 0. The number of rotatable bonds is 7. The molecule has 2 rings (SSSR count). The van der Waals surface area contributed by atoms with E-state index >= 15 is 0 Å². The number of nitrogens with two attached hydrogens (primary N) is 1. The predicted molar refractivity (Wildman–Crippen MR) is 83.3 cm³/mol. The van der Waals surface area contributed by atoms with Gasteiger partial charge in [0.2, 0.25) is 0 Å².